The monoisotopic (exact) mass is 209 g/mol. The molecule has 1 saturated heterocycles. The van der Waals surface area contributed by atoms with Gasteiger partial charge in [0.1, 0.15) is 0 Å². The van der Waals surface area contributed by atoms with Gasteiger partial charge in [0.05, 0.1) is 12.8 Å². The zero-order chi connectivity index (χ0) is 10.7. The highest BCUT2D eigenvalue weighted by Gasteiger charge is 2.27. The number of nitrogens with zero attached hydrogens (tertiary/aromatic N) is 2. The third-order valence-corrected chi connectivity index (χ3v) is 3.02. The molecule has 2 heterocycles. The van der Waals surface area contributed by atoms with Gasteiger partial charge in [0.2, 0.25) is 0 Å². The second-order valence-electron chi connectivity index (χ2n) is 4.54. The summed E-state index contributed by atoms with van der Waals surface area (Å²) in [5.74, 6) is 0. The Morgan fingerprint density at radius 3 is 3.13 bits per heavy atom. The molecule has 0 amide bonds. The number of nitrogens with two attached hydrogens (primary N) is 1. The highest BCUT2D eigenvalue weighted by molar-refractivity contribution is 5.05. The summed E-state index contributed by atoms with van der Waals surface area (Å²) in [4.78, 5) is 0. The number of aryl methyl sites for hydroxylation is 2. The van der Waals surface area contributed by atoms with E-state index in [9.17, 15) is 0 Å². The number of hydrogen-bond donors (Lipinski definition) is 1. The molecule has 1 aromatic heterocycles. The van der Waals surface area contributed by atoms with E-state index >= 15 is 0 Å². The SMILES string of the molecule is Cn1cc(CCC2(N)CCCOC2)cn1. The molecule has 15 heavy (non-hydrogen) atoms. The van der Waals surface area contributed by atoms with Crippen LogP contribution in [0.15, 0.2) is 12.4 Å². The Morgan fingerprint density at radius 2 is 2.53 bits per heavy atom. The summed E-state index contributed by atoms with van der Waals surface area (Å²) < 4.78 is 7.26. The Labute approximate surface area is 90.4 Å². The van der Waals surface area contributed by atoms with Gasteiger partial charge < -0.3 is 10.5 Å². The van der Waals surface area contributed by atoms with Gasteiger partial charge in [0, 0.05) is 25.4 Å². The highest BCUT2D eigenvalue weighted by atomic mass is 16.5. The molecule has 0 bridgehead atoms. The second-order valence-corrected chi connectivity index (χ2v) is 4.54. The maximum absolute atomic E-state index is 6.26. The van der Waals surface area contributed by atoms with Gasteiger partial charge in [-0.1, -0.05) is 0 Å². The van der Waals surface area contributed by atoms with Crippen LogP contribution in [0.2, 0.25) is 0 Å². The van der Waals surface area contributed by atoms with Crippen molar-refractivity contribution >= 4 is 0 Å². The van der Waals surface area contributed by atoms with Crippen LogP contribution in [0.3, 0.4) is 0 Å². The summed E-state index contributed by atoms with van der Waals surface area (Å²) in [6.07, 6.45) is 8.10. The molecule has 2 N–H and O–H groups in total. The van der Waals surface area contributed by atoms with E-state index in [0.29, 0.717) is 6.61 Å². The molecule has 1 aliphatic rings. The van der Waals surface area contributed by atoms with Crippen molar-refractivity contribution < 1.29 is 4.74 Å². The van der Waals surface area contributed by atoms with Crippen LogP contribution in [0.4, 0.5) is 0 Å². The van der Waals surface area contributed by atoms with E-state index in [1.807, 2.05) is 24.1 Å². The quantitative estimate of drug-likeness (QED) is 0.803. The summed E-state index contributed by atoms with van der Waals surface area (Å²) in [6, 6.07) is 0. The van der Waals surface area contributed by atoms with Crippen LogP contribution in [0.5, 0.6) is 0 Å². The van der Waals surface area contributed by atoms with Crippen LogP contribution < -0.4 is 5.73 Å². The van der Waals surface area contributed by atoms with Crippen LogP contribution in [-0.2, 0) is 18.2 Å². The maximum Gasteiger partial charge on any atom is 0.0646 e. The predicted molar refractivity (Wildman–Crippen MR) is 58.5 cm³/mol. The average molecular weight is 209 g/mol. The molecular formula is C11H19N3O. The fraction of sp³-hybridized carbons (Fsp3) is 0.727. The standard InChI is InChI=1S/C11H19N3O/c1-14-8-10(7-13-14)3-5-11(12)4-2-6-15-9-11/h7-8H,2-6,9,12H2,1H3. The fourth-order valence-corrected chi connectivity index (χ4v) is 2.07. The largest absolute Gasteiger partial charge is 0.380 e. The Hall–Kier alpha value is -0.870. The molecule has 1 atom stereocenters. The third kappa shape index (κ3) is 2.79. The van der Waals surface area contributed by atoms with Crippen LogP contribution in [0.1, 0.15) is 24.8 Å². The van der Waals surface area contributed by atoms with Crippen LogP contribution in [0.25, 0.3) is 0 Å². The first-order valence-corrected chi connectivity index (χ1v) is 5.52. The van der Waals surface area contributed by atoms with Gasteiger partial charge in [-0.05, 0) is 31.2 Å². The van der Waals surface area contributed by atoms with E-state index in [-0.39, 0.29) is 5.54 Å². The molecule has 84 valence electrons. The number of ether oxygens (including phenoxy) is 1. The van der Waals surface area contributed by atoms with Gasteiger partial charge in [-0.3, -0.25) is 4.68 Å². The molecular weight excluding hydrogens is 190 g/mol. The zero-order valence-electron chi connectivity index (χ0n) is 9.28. The number of rotatable bonds is 3. The van der Waals surface area contributed by atoms with Crippen molar-refractivity contribution in [2.75, 3.05) is 13.2 Å². The molecule has 0 saturated carbocycles. The summed E-state index contributed by atoms with van der Waals surface area (Å²) >= 11 is 0. The van der Waals surface area contributed by atoms with Crippen molar-refractivity contribution in [1.29, 1.82) is 0 Å². The zero-order valence-corrected chi connectivity index (χ0v) is 9.28. The van der Waals surface area contributed by atoms with Crippen LogP contribution in [-0.4, -0.2) is 28.5 Å². The fourth-order valence-electron chi connectivity index (χ4n) is 2.07. The lowest BCUT2D eigenvalue weighted by Gasteiger charge is -2.33. The molecule has 1 aromatic rings. The van der Waals surface area contributed by atoms with Crippen molar-refractivity contribution in [3.63, 3.8) is 0 Å². The van der Waals surface area contributed by atoms with Crippen molar-refractivity contribution in [3.05, 3.63) is 18.0 Å². The topological polar surface area (TPSA) is 53.1 Å². The Bertz CT molecular complexity index is 315. The van der Waals surface area contributed by atoms with Crippen molar-refractivity contribution in [2.24, 2.45) is 12.8 Å². The second kappa shape index (κ2) is 4.33. The molecule has 1 fully saturated rings. The minimum atomic E-state index is -0.117. The molecule has 4 nitrogen and oxygen atoms in total. The molecule has 0 aromatic carbocycles. The lowest BCUT2D eigenvalue weighted by molar-refractivity contribution is 0.0346. The summed E-state index contributed by atoms with van der Waals surface area (Å²) in [5, 5.41) is 4.15. The Balaban J connectivity index is 1.86. The van der Waals surface area contributed by atoms with E-state index in [1.165, 1.54) is 5.56 Å². The van der Waals surface area contributed by atoms with E-state index in [1.54, 1.807) is 0 Å². The molecule has 0 aliphatic carbocycles. The maximum atomic E-state index is 6.26. The first-order chi connectivity index (χ1) is 7.18. The molecule has 1 aliphatic heterocycles. The molecule has 0 radical (unpaired) electrons. The van der Waals surface area contributed by atoms with Gasteiger partial charge in [0.25, 0.3) is 0 Å². The lowest BCUT2D eigenvalue weighted by Crippen LogP contribution is -2.47. The first kappa shape index (κ1) is 10.6. The molecule has 1 unspecified atom stereocenters. The molecule has 0 spiro atoms. The van der Waals surface area contributed by atoms with Gasteiger partial charge in [0.15, 0.2) is 0 Å². The first-order valence-electron chi connectivity index (χ1n) is 5.52. The van der Waals surface area contributed by atoms with Gasteiger partial charge in [-0.2, -0.15) is 5.10 Å². The number of aromatic nitrogens is 2. The third-order valence-electron chi connectivity index (χ3n) is 3.02. The van der Waals surface area contributed by atoms with Gasteiger partial charge in [-0.25, -0.2) is 0 Å². The van der Waals surface area contributed by atoms with Crippen molar-refractivity contribution in [3.8, 4) is 0 Å². The average Bonchev–Trinajstić information content (AvgIpc) is 2.63. The van der Waals surface area contributed by atoms with Crippen LogP contribution in [0, 0.1) is 0 Å². The normalized spacial score (nSPS) is 26.8. The van der Waals surface area contributed by atoms with E-state index in [2.05, 4.69) is 5.10 Å². The predicted octanol–water partition coefficient (Wildman–Crippen LogP) is 0.861. The Kier molecular flexibility index (Phi) is 3.07. The summed E-state index contributed by atoms with van der Waals surface area (Å²) in [7, 11) is 1.94. The smallest absolute Gasteiger partial charge is 0.0646 e. The number of hydrogen-bond acceptors (Lipinski definition) is 3. The lowest BCUT2D eigenvalue weighted by atomic mass is 9.88. The van der Waals surface area contributed by atoms with E-state index in [4.69, 9.17) is 10.5 Å². The van der Waals surface area contributed by atoms with Crippen molar-refractivity contribution in [1.82, 2.24) is 9.78 Å². The van der Waals surface area contributed by atoms with E-state index < -0.39 is 0 Å². The van der Waals surface area contributed by atoms with Crippen molar-refractivity contribution in [2.45, 2.75) is 31.2 Å². The minimum Gasteiger partial charge on any atom is -0.380 e. The summed E-state index contributed by atoms with van der Waals surface area (Å²) in [6.45, 7) is 1.57. The van der Waals surface area contributed by atoms with E-state index in [0.717, 1.165) is 32.3 Å². The minimum absolute atomic E-state index is 0.117. The highest BCUT2D eigenvalue weighted by Crippen LogP contribution is 2.21. The molecule has 4 heteroatoms. The molecule has 2 rings (SSSR count). The van der Waals surface area contributed by atoms with Gasteiger partial charge in [-0.15, -0.1) is 0 Å². The Morgan fingerprint density at radius 1 is 1.67 bits per heavy atom. The summed E-state index contributed by atoms with van der Waals surface area (Å²) in [5.41, 5.74) is 7.40. The van der Waals surface area contributed by atoms with Crippen LogP contribution >= 0.6 is 0 Å². The van der Waals surface area contributed by atoms with Gasteiger partial charge >= 0.3 is 0 Å².